The Labute approximate surface area is 127 Å². The van der Waals surface area contributed by atoms with E-state index < -0.39 is 0 Å². The van der Waals surface area contributed by atoms with Gasteiger partial charge in [-0.1, -0.05) is 0 Å². The molecule has 0 radical (unpaired) electrons. The minimum absolute atomic E-state index is 0.197. The molecule has 0 atom stereocenters. The Balaban J connectivity index is 1.56. The molecule has 22 heavy (non-hydrogen) atoms. The fourth-order valence-electron chi connectivity index (χ4n) is 2.40. The molecule has 2 aliphatic heterocycles. The van der Waals surface area contributed by atoms with Gasteiger partial charge in [0.2, 0.25) is 6.79 Å². The molecule has 0 spiro atoms. The monoisotopic (exact) mass is 307 g/mol. The summed E-state index contributed by atoms with van der Waals surface area (Å²) in [5, 5.41) is 2.82. The molecule has 0 unspecified atom stereocenters. The average Bonchev–Trinajstić information content (AvgIpc) is 3.02. The molecule has 2 heterocycles. The summed E-state index contributed by atoms with van der Waals surface area (Å²) in [5.41, 5.74) is 0.643. The fourth-order valence-corrected chi connectivity index (χ4v) is 2.40. The van der Waals surface area contributed by atoms with Crippen molar-refractivity contribution in [3.05, 3.63) is 18.2 Å². The Bertz CT molecular complexity index is 584. The van der Waals surface area contributed by atoms with Gasteiger partial charge in [-0.25, -0.2) is 9.59 Å². The Morgan fingerprint density at radius 2 is 1.77 bits per heavy atom. The highest BCUT2D eigenvalue weighted by Gasteiger charge is 2.24. The van der Waals surface area contributed by atoms with Crippen molar-refractivity contribution in [2.75, 3.05) is 45.4 Å². The second-order valence-electron chi connectivity index (χ2n) is 4.94. The second kappa shape index (κ2) is 6.00. The largest absolute Gasteiger partial charge is 0.454 e. The van der Waals surface area contributed by atoms with Crippen LogP contribution in [0.15, 0.2) is 18.2 Å². The van der Waals surface area contributed by atoms with E-state index in [9.17, 15) is 9.59 Å². The minimum atomic E-state index is -0.365. The Morgan fingerprint density at radius 1 is 1.09 bits per heavy atom. The molecule has 1 saturated heterocycles. The van der Waals surface area contributed by atoms with Crippen molar-refractivity contribution in [2.45, 2.75) is 0 Å². The number of nitrogens with zero attached hydrogens (tertiary/aromatic N) is 2. The summed E-state index contributed by atoms with van der Waals surface area (Å²) in [6.07, 6.45) is -0.365. The first-order valence-electron chi connectivity index (χ1n) is 6.96. The van der Waals surface area contributed by atoms with Crippen molar-refractivity contribution < 1.29 is 23.8 Å². The van der Waals surface area contributed by atoms with Crippen LogP contribution >= 0.6 is 0 Å². The lowest BCUT2D eigenvalue weighted by atomic mass is 10.3. The number of rotatable bonds is 1. The van der Waals surface area contributed by atoms with E-state index in [1.807, 2.05) is 0 Å². The zero-order chi connectivity index (χ0) is 15.5. The van der Waals surface area contributed by atoms with Gasteiger partial charge in [-0.3, -0.25) is 0 Å². The molecule has 1 aromatic rings. The third-order valence-electron chi connectivity index (χ3n) is 3.62. The average molecular weight is 307 g/mol. The number of piperazine rings is 1. The van der Waals surface area contributed by atoms with Crippen LogP contribution in [0.3, 0.4) is 0 Å². The zero-order valence-corrected chi connectivity index (χ0v) is 12.2. The van der Waals surface area contributed by atoms with E-state index in [2.05, 4.69) is 10.1 Å². The molecular weight excluding hydrogens is 290 g/mol. The van der Waals surface area contributed by atoms with E-state index in [4.69, 9.17) is 9.47 Å². The van der Waals surface area contributed by atoms with Crippen LogP contribution in [-0.4, -0.2) is 62.0 Å². The smallest absolute Gasteiger partial charge is 0.409 e. The topological polar surface area (TPSA) is 80.3 Å². The number of ether oxygens (including phenoxy) is 3. The fraction of sp³-hybridized carbons (Fsp3) is 0.429. The van der Waals surface area contributed by atoms with E-state index in [1.165, 1.54) is 7.11 Å². The van der Waals surface area contributed by atoms with Gasteiger partial charge in [0.15, 0.2) is 11.5 Å². The standard InChI is InChI=1S/C14H17N3O5/c1-20-14(19)17-6-4-16(5-7-17)13(18)15-10-2-3-11-12(8-10)22-9-21-11/h2-3,8H,4-7,9H2,1H3,(H,15,18). The van der Waals surface area contributed by atoms with Crippen molar-refractivity contribution in [1.82, 2.24) is 9.80 Å². The van der Waals surface area contributed by atoms with Crippen LogP contribution in [0.25, 0.3) is 0 Å². The molecule has 1 fully saturated rings. The first kappa shape index (κ1) is 14.3. The number of hydrogen-bond acceptors (Lipinski definition) is 5. The SMILES string of the molecule is COC(=O)N1CCN(C(=O)Nc2ccc3c(c2)OCO3)CC1. The van der Waals surface area contributed by atoms with E-state index >= 15 is 0 Å². The van der Waals surface area contributed by atoms with Crippen molar-refractivity contribution in [2.24, 2.45) is 0 Å². The van der Waals surface area contributed by atoms with Crippen molar-refractivity contribution in [3.63, 3.8) is 0 Å². The zero-order valence-electron chi connectivity index (χ0n) is 12.2. The van der Waals surface area contributed by atoms with Gasteiger partial charge in [-0.15, -0.1) is 0 Å². The maximum absolute atomic E-state index is 12.2. The van der Waals surface area contributed by atoms with Gasteiger partial charge in [0.05, 0.1) is 7.11 Å². The summed E-state index contributed by atoms with van der Waals surface area (Å²) >= 11 is 0. The summed E-state index contributed by atoms with van der Waals surface area (Å²) in [6, 6.07) is 5.04. The lowest BCUT2D eigenvalue weighted by Gasteiger charge is -2.33. The van der Waals surface area contributed by atoms with Crippen LogP contribution < -0.4 is 14.8 Å². The molecule has 2 aliphatic rings. The molecule has 0 aromatic heterocycles. The number of fused-ring (bicyclic) bond motifs is 1. The molecule has 0 saturated carbocycles. The third kappa shape index (κ3) is 2.85. The van der Waals surface area contributed by atoms with E-state index in [0.29, 0.717) is 43.4 Å². The lowest BCUT2D eigenvalue weighted by Crippen LogP contribution is -2.51. The first-order valence-corrected chi connectivity index (χ1v) is 6.96. The minimum Gasteiger partial charge on any atom is -0.454 e. The predicted molar refractivity (Wildman–Crippen MR) is 77.1 cm³/mol. The molecule has 8 heteroatoms. The summed E-state index contributed by atoms with van der Waals surface area (Å²) in [4.78, 5) is 26.9. The number of carbonyl (C=O) groups is 2. The normalized spacial score (nSPS) is 16.4. The third-order valence-corrected chi connectivity index (χ3v) is 3.62. The van der Waals surface area contributed by atoms with E-state index in [1.54, 1.807) is 28.0 Å². The molecule has 3 rings (SSSR count). The van der Waals surface area contributed by atoms with Gasteiger partial charge >= 0.3 is 12.1 Å². The first-order chi connectivity index (χ1) is 10.7. The van der Waals surface area contributed by atoms with Crippen molar-refractivity contribution >= 4 is 17.8 Å². The van der Waals surface area contributed by atoms with Crippen LogP contribution in [0.2, 0.25) is 0 Å². The highest BCUT2D eigenvalue weighted by molar-refractivity contribution is 5.90. The van der Waals surface area contributed by atoms with Gasteiger partial charge in [0, 0.05) is 37.9 Å². The van der Waals surface area contributed by atoms with Gasteiger partial charge < -0.3 is 29.3 Å². The predicted octanol–water partition coefficient (Wildman–Crippen LogP) is 1.33. The molecule has 0 bridgehead atoms. The van der Waals surface area contributed by atoms with Crippen LogP contribution in [0, 0.1) is 0 Å². The molecule has 1 aromatic carbocycles. The van der Waals surface area contributed by atoms with Gasteiger partial charge in [-0.2, -0.15) is 0 Å². The molecular formula is C14H17N3O5. The molecule has 1 N–H and O–H groups in total. The summed E-state index contributed by atoms with van der Waals surface area (Å²) in [7, 11) is 1.35. The maximum atomic E-state index is 12.2. The van der Waals surface area contributed by atoms with Crippen molar-refractivity contribution in [1.29, 1.82) is 0 Å². The van der Waals surface area contributed by atoms with Gasteiger partial charge in [0.25, 0.3) is 0 Å². The van der Waals surface area contributed by atoms with Gasteiger partial charge in [-0.05, 0) is 12.1 Å². The quantitative estimate of drug-likeness (QED) is 0.846. The number of nitrogens with one attached hydrogen (secondary N) is 1. The number of hydrogen-bond donors (Lipinski definition) is 1. The van der Waals surface area contributed by atoms with E-state index in [-0.39, 0.29) is 18.9 Å². The van der Waals surface area contributed by atoms with Crippen LogP contribution in [0.1, 0.15) is 0 Å². The number of amides is 3. The summed E-state index contributed by atoms with van der Waals surface area (Å²) in [5.74, 6) is 1.29. The summed E-state index contributed by atoms with van der Waals surface area (Å²) < 4.78 is 15.2. The lowest BCUT2D eigenvalue weighted by molar-refractivity contribution is 0.0992. The number of benzene rings is 1. The molecule has 0 aliphatic carbocycles. The summed E-state index contributed by atoms with van der Waals surface area (Å²) in [6.45, 7) is 2.04. The number of methoxy groups -OCH3 is 1. The van der Waals surface area contributed by atoms with Crippen LogP contribution in [0.4, 0.5) is 15.3 Å². The van der Waals surface area contributed by atoms with Gasteiger partial charge in [0.1, 0.15) is 0 Å². The number of carbonyl (C=O) groups excluding carboxylic acids is 2. The van der Waals surface area contributed by atoms with E-state index in [0.717, 1.165) is 0 Å². The Kier molecular flexibility index (Phi) is 3.90. The molecule has 118 valence electrons. The highest BCUT2D eigenvalue weighted by atomic mass is 16.7. The second-order valence-corrected chi connectivity index (χ2v) is 4.94. The molecule has 3 amide bonds. The number of anilines is 1. The molecule has 8 nitrogen and oxygen atoms in total. The van der Waals surface area contributed by atoms with Crippen molar-refractivity contribution in [3.8, 4) is 11.5 Å². The number of urea groups is 1. The van der Waals surface area contributed by atoms with Crippen LogP contribution in [0.5, 0.6) is 11.5 Å². The Hall–Kier alpha value is -2.64. The highest BCUT2D eigenvalue weighted by Crippen LogP contribution is 2.34. The maximum Gasteiger partial charge on any atom is 0.409 e. The Morgan fingerprint density at radius 3 is 2.50 bits per heavy atom. The van der Waals surface area contributed by atoms with Crippen LogP contribution in [-0.2, 0) is 4.74 Å².